The monoisotopic (exact) mass is 870 g/mol. The number of hydrogen-bond donors (Lipinski definition) is 0. The Bertz CT molecular complexity index is 2090. The van der Waals surface area contributed by atoms with Crippen molar-refractivity contribution in [2.45, 2.75) is 94.1 Å². The zero-order valence-corrected chi connectivity index (χ0v) is 36.0. The van der Waals surface area contributed by atoms with Crippen molar-refractivity contribution >= 4 is 0 Å². The van der Waals surface area contributed by atoms with Gasteiger partial charge in [-0.05, 0) is 22.3 Å². The van der Waals surface area contributed by atoms with Crippen LogP contribution in [0.4, 0.5) is 0 Å². The summed E-state index contributed by atoms with van der Waals surface area (Å²) in [4.78, 5) is 0. The fourth-order valence-corrected chi connectivity index (χ4v) is 8.14. The van der Waals surface area contributed by atoms with Crippen LogP contribution in [0.25, 0.3) is 0 Å². The topological polar surface area (TPSA) is 102 Å². The molecule has 3 fully saturated rings. The van der Waals surface area contributed by atoms with Gasteiger partial charge in [0.2, 0.25) is 0 Å². The summed E-state index contributed by atoms with van der Waals surface area (Å²) in [5.41, 5.74) is 4.81. The molecule has 0 aromatic heterocycles. The molecule has 3 aliphatic heterocycles. The molecular weight excluding hydrogens is 813 g/mol. The van der Waals surface area contributed by atoms with Crippen LogP contribution < -0.4 is 0 Å². The third-order valence-corrected chi connectivity index (χ3v) is 11.3. The van der Waals surface area contributed by atoms with E-state index in [1.807, 2.05) is 152 Å². The molecule has 0 radical (unpaired) electrons. The summed E-state index contributed by atoms with van der Waals surface area (Å²) in [6.45, 7) is 9.75. The van der Waals surface area contributed by atoms with Crippen LogP contribution in [0, 0.1) is 0 Å². The number of hydrogen-bond acceptors (Lipinski definition) is 11. The van der Waals surface area contributed by atoms with Crippen LogP contribution in [0.1, 0.15) is 34.1 Å². The van der Waals surface area contributed by atoms with Crippen LogP contribution in [0.15, 0.2) is 177 Å². The molecule has 336 valence electrons. The summed E-state index contributed by atoms with van der Waals surface area (Å²) in [7, 11) is 0. The van der Waals surface area contributed by atoms with Crippen LogP contribution in [0.5, 0.6) is 0 Å². The lowest BCUT2D eigenvalue weighted by molar-refractivity contribution is -0.396. The molecule has 0 spiro atoms. The maximum atomic E-state index is 7.31. The lowest BCUT2D eigenvalue weighted by Gasteiger charge is -2.51. The third-order valence-electron chi connectivity index (χ3n) is 11.3. The summed E-state index contributed by atoms with van der Waals surface area (Å²) in [6.07, 6.45) is -4.96. The molecule has 0 unspecified atom stereocenters. The van der Waals surface area contributed by atoms with Crippen molar-refractivity contribution in [1.82, 2.24) is 0 Å². The van der Waals surface area contributed by atoms with Gasteiger partial charge in [-0.25, -0.2) is 0 Å². The van der Waals surface area contributed by atoms with E-state index in [2.05, 4.69) is 13.2 Å². The predicted molar refractivity (Wildman–Crippen MR) is 239 cm³/mol. The van der Waals surface area contributed by atoms with E-state index in [-0.39, 0.29) is 46.2 Å². The molecule has 0 aliphatic carbocycles. The summed E-state index contributed by atoms with van der Waals surface area (Å²) in [6, 6.07) is 49.7. The highest BCUT2D eigenvalue weighted by Crippen LogP contribution is 2.39. The van der Waals surface area contributed by atoms with E-state index in [0.717, 1.165) is 27.8 Å². The maximum Gasteiger partial charge on any atom is 0.187 e. The molecular formula is C53H58O11. The minimum atomic E-state index is -1.03. The second-order valence-electron chi connectivity index (χ2n) is 15.9. The highest BCUT2D eigenvalue weighted by molar-refractivity contribution is 5.18. The van der Waals surface area contributed by atoms with Gasteiger partial charge in [-0.1, -0.05) is 164 Å². The Morgan fingerprint density at radius 2 is 0.953 bits per heavy atom. The van der Waals surface area contributed by atoms with Gasteiger partial charge in [0.25, 0.3) is 0 Å². The van der Waals surface area contributed by atoms with Gasteiger partial charge in [0, 0.05) is 5.56 Å². The second kappa shape index (κ2) is 23.9. The van der Waals surface area contributed by atoms with E-state index >= 15 is 0 Å². The van der Waals surface area contributed by atoms with Crippen molar-refractivity contribution in [1.29, 1.82) is 0 Å². The minimum Gasteiger partial charge on any atom is -0.374 e. The summed E-state index contributed by atoms with van der Waals surface area (Å²) in [5, 5.41) is 0. The van der Waals surface area contributed by atoms with Crippen LogP contribution in [-0.4, -0.2) is 87.8 Å². The Morgan fingerprint density at radius 1 is 0.469 bits per heavy atom. The summed E-state index contributed by atoms with van der Waals surface area (Å²) in [5.74, 6) is 0. The van der Waals surface area contributed by atoms with Crippen molar-refractivity contribution in [3.63, 3.8) is 0 Å². The van der Waals surface area contributed by atoms with Crippen LogP contribution >= 0.6 is 0 Å². The van der Waals surface area contributed by atoms with Gasteiger partial charge in [0.15, 0.2) is 18.9 Å². The van der Waals surface area contributed by atoms with Crippen molar-refractivity contribution < 1.29 is 52.1 Å². The fraction of sp³-hybridized carbons (Fsp3) is 0.358. The third kappa shape index (κ3) is 12.3. The van der Waals surface area contributed by atoms with Gasteiger partial charge in [-0.15, -0.1) is 13.2 Å². The fourth-order valence-electron chi connectivity index (χ4n) is 8.14. The van der Waals surface area contributed by atoms with Crippen LogP contribution in [-0.2, 0) is 78.5 Å². The Hall–Kier alpha value is -4.86. The Balaban J connectivity index is 1.16. The number of ether oxygens (including phenoxy) is 11. The molecule has 64 heavy (non-hydrogen) atoms. The van der Waals surface area contributed by atoms with Gasteiger partial charge < -0.3 is 52.1 Å². The molecule has 0 bridgehead atoms. The minimum absolute atomic E-state index is 0.125. The van der Waals surface area contributed by atoms with Crippen molar-refractivity contribution in [3.05, 3.63) is 205 Å². The lowest BCUT2D eigenvalue weighted by atomic mass is 9.95. The quantitative estimate of drug-likeness (QED) is 0.0625. The number of benzene rings is 5. The first-order chi connectivity index (χ1) is 31.7. The highest BCUT2D eigenvalue weighted by atomic mass is 16.8. The molecule has 11 atom stereocenters. The van der Waals surface area contributed by atoms with Gasteiger partial charge in [-0.2, -0.15) is 0 Å². The normalized spacial score (nSPS) is 27.9. The van der Waals surface area contributed by atoms with Gasteiger partial charge in [0.05, 0.1) is 52.9 Å². The molecule has 5 aromatic rings. The molecule has 8 rings (SSSR count). The van der Waals surface area contributed by atoms with E-state index in [1.54, 1.807) is 12.2 Å². The van der Waals surface area contributed by atoms with E-state index in [4.69, 9.17) is 52.1 Å². The molecule has 3 heterocycles. The predicted octanol–water partition coefficient (Wildman–Crippen LogP) is 8.68. The van der Waals surface area contributed by atoms with Crippen molar-refractivity contribution in [2.24, 2.45) is 0 Å². The molecule has 3 aliphatic rings. The van der Waals surface area contributed by atoms with Gasteiger partial charge in [0.1, 0.15) is 48.8 Å². The van der Waals surface area contributed by atoms with Crippen molar-refractivity contribution in [3.8, 4) is 0 Å². The van der Waals surface area contributed by atoms with Gasteiger partial charge >= 0.3 is 0 Å². The standard InChI is InChI=1S/C53H58O11/c1-3-30-55-47-46-44(37-60-51(63-46)42-28-18-9-19-29-42)62-53(50(47)59-35-41-26-16-8-17-27-41)64-45-43(36-54-32-38-20-10-5-11-21-38)61-52(56-31-4-2)49(58-34-40-24-14-7-15-25-40)48(45)57-33-39-22-12-6-13-23-39/h3-29,43-53H,1-2,30-37H2/t43-,44-,45-,46+,47+,48+,49-,50-,51-,52-,53+/m1/s1. The molecule has 11 heteroatoms. The average molecular weight is 871 g/mol. The largest absolute Gasteiger partial charge is 0.374 e. The van der Waals surface area contributed by atoms with Crippen molar-refractivity contribution in [2.75, 3.05) is 26.4 Å². The molecule has 0 saturated carbocycles. The number of fused-ring (bicyclic) bond motifs is 1. The molecule has 11 nitrogen and oxygen atoms in total. The van der Waals surface area contributed by atoms with Crippen LogP contribution in [0.2, 0.25) is 0 Å². The van der Waals surface area contributed by atoms with Crippen LogP contribution in [0.3, 0.4) is 0 Å². The van der Waals surface area contributed by atoms with E-state index in [0.29, 0.717) is 6.61 Å². The molecule has 3 saturated heterocycles. The highest BCUT2D eigenvalue weighted by Gasteiger charge is 2.56. The first kappa shape index (κ1) is 45.7. The van der Waals surface area contributed by atoms with Gasteiger partial charge in [-0.3, -0.25) is 0 Å². The Kier molecular flexibility index (Phi) is 17.1. The molecule has 0 amide bonds. The zero-order chi connectivity index (χ0) is 43.8. The summed E-state index contributed by atoms with van der Waals surface area (Å²) < 4.78 is 74.2. The maximum absolute atomic E-state index is 7.31. The zero-order valence-electron chi connectivity index (χ0n) is 36.0. The SMILES string of the molecule is C=CCO[C@@H]1O[C@H](COCc2ccccc2)[C@@H](O[C@@H]2O[C@@H]3CO[C@@H](c4ccccc4)O[C@@H]3[C@H](OCC=C)[C@H]2OCc2ccccc2)[C@H](OCc2ccccc2)[C@H]1OCc1ccccc1. The molecule has 0 N–H and O–H groups in total. The first-order valence-corrected chi connectivity index (χ1v) is 22.0. The lowest BCUT2D eigenvalue weighted by Crippen LogP contribution is -2.67. The van der Waals surface area contributed by atoms with E-state index < -0.39 is 67.7 Å². The number of rotatable bonds is 22. The summed E-state index contributed by atoms with van der Waals surface area (Å²) >= 11 is 0. The second-order valence-corrected chi connectivity index (χ2v) is 15.9. The Morgan fingerprint density at radius 3 is 1.50 bits per heavy atom. The average Bonchev–Trinajstić information content (AvgIpc) is 3.35. The van der Waals surface area contributed by atoms with E-state index in [1.165, 1.54) is 0 Å². The first-order valence-electron chi connectivity index (χ1n) is 22.0. The smallest absolute Gasteiger partial charge is 0.187 e. The van der Waals surface area contributed by atoms with E-state index in [9.17, 15) is 0 Å². The molecule has 5 aromatic carbocycles. The Labute approximate surface area is 376 Å².